The van der Waals surface area contributed by atoms with Gasteiger partial charge in [-0.1, -0.05) is 0 Å². The normalized spacial score (nSPS) is 11.3. The van der Waals surface area contributed by atoms with Crippen molar-refractivity contribution in [3.63, 3.8) is 0 Å². The van der Waals surface area contributed by atoms with Gasteiger partial charge in [-0.3, -0.25) is 10.9 Å². The summed E-state index contributed by atoms with van der Waals surface area (Å²) in [5.74, 6) is 3.16. The van der Waals surface area contributed by atoms with E-state index in [1.807, 2.05) is 120 Å². The summed E-state index contributed by atoms with van der Waals surface area (Å²) in [5, 5.41) is 14.0. The van der Waals surface area contributed by atoms with E-state index in [-0.39, 0.29) is 0 Å². The van der Waals surface area contributed by atoms with Crippen LogP contribution in [0, 0.1) is 0 Å². The molecule has 0 aliphatic rings. The van der Waals surface area contributed by atoms with Crippen LogP contribution in [0.5, 0.6) is 23.0 Å². The van der Waals surface area contributed by atoms with Gasteiger partial charge in [-0.15, -0.1) is 22.7 Å². The maximum Gasteiger partial charge on any atom is 0.203 e. The van der Waals surface area contributed by atoms with Crippen LogP contribution < -0.4 is 29.8 Å². The van der Waals surface area contributed by atoms with E-state index in [0.717, 1.165) is 56.6 Å². The van der Waals surface area contributed by atoms with E-state index in [1.165, 1.54) is 22.7 Å². The van der Waals surface area contributed by atoms with Crippen molar-refractivity contribution in [3.8, 4) is 45.5 Å². The molecule has 50 heavy (non-hydrogen) atoms. The molecule has 0 atom stereocenters. The summed E-state index contributed by atoms with van der Waals surface area (Å²) < 4.78 is 22.1. The van der Waals surface area contributed by atoms with Gasteiger partial charge >= 0.3 is 0 Å². The zero-order chi connectivity index (χ0) is 34.4. The van der Waals surface area contributed by atoms with Gasteiger partial charge < -0.3 is 18.9 Å². The Morgan fingerprint density at radius 2 is 0.920 bits per heavy atom. The van der Waals surface area contributed by atoms with Gasteiger partial charge in [0, 0.05) is 21.9 Å². The minimum atomic E-state index is 0.433. The second-order valence-electron chi connectivity index (χ2n) is 10.5. The Balaban J connectivity index is 0.866. The zero-order valence-electron chi connectivity index (χ0n) is 27.4. The van der Waals surface area contributed by atoms with Crippen LogP contribution in [0.2, 0.25) is 0 Å². The van der Waals surface area contributed by atoms with Crippen molar-refractivity contribution in [1.29, 1.82) is 0 Å². The molecule has 0 radical (unpaired) electrons. The molecule has 0 amide bonds. The van der Waals surface area contributed by atoms with Gasteiger partial charge in [-0.25, -0.2) is 9.97 Å². The second kappa shape index (κ2) is 17.4. The summed E-state index contributed by atoms with van der Waals surface area (Å²) >= 11 is 2.99. The third-order valence-corrected chi connectivity index (χ3v) is 8.64. The first-order chi connectivity index (χ1) is 24.6. The van der Waals surface area contributed by atoms with Crippen molar-refractivity contribution < 1.29 is 18.9 Å². The van der Waals surface area contributed by atoms with E-state index >= 15 is 0 Å². The monoisotopic (exact) mass is 702 g/mol. The van der Waals surface area contributed by atoms with Crippen LogP contribution in [-0.2, 0) is 0 Å². The molecule has 0 aliphatic carbocycles. The maximum atomic E-state index is 5.82. The molecule has 0 saturated heterocycles. The van der Waals surface area contributed by atoms with Crippen LogP contribution in [0.4, 0.5) is 10.3 Å². The number of thiazole rings is 2. The van der Waals surface area contributed by atoms with E-state index in [0.29, 0.717) is 23.5 Å². The topological polar surface area (TPSA) is 111 Å². The van der Waals surface area contributed by atoms with Gasteiger partial charge in [0.25, 0.3) is 0 Å². The lowest BCUT2D eigenvalue weighted by Gasteiger charge is -2.04. The average Bonchev–Trinajstić information content (AvgIpc) is 3.85. The third kappa shape index (κ3) is 9.78. The summed E-state index contributed by atoms with van der Waals surface area (Å²) in [6.45, 7) is 0.865. The highest BCUT2D eigenvalue weighted by Gasteiger charge is 2.06. The number of nitrogens with one attached hydrogen (secondary N) is 2. The highest BCUT2D eigenvalue weighted by Crippen LogP contribution is 2.28. The van der Waals surface area contributed by atoms with Crippen LogP contribution in [0.25, 0.3) is 22.5 Å². The first-order valence-electron chi connectivity index (χ1n) is 15.5. The lowest BCUT2D eigenvalue weighted by atomic mass is 10.2. The number of benzene rings is 4. The van der Waals surface area contributed by atoms with Crippen LogP contribution >= 0.6 is 22.7 Å². The van der Waals surface area contributed by atoms with Gasteiger partial charge in [-0.05, 0) is 120 Å². The predicted molar refractivity (Wildman–Crippen MR) is 204 cm³/mol. The van der Waals surface area contributed by atoms with Crippen LogP contribution in [0.1, 0.15) is 11.1 Å². The van der Waals surface area contributed by atoms with Crippen molar-refractivity contribution in [3.05, 3.63) is 131 Å². The predicted octanol–water partition coefficient (Wildman–Crippen LogP) is 8.86. The Morgan fingerprint density at radius 3 is 1.30 bits per heavy atom. The molecule has 2 heterocycles. The molecule has 0 spiro atoms. The molecule has 0 bridgehead atoms. The van der Waals surface area contributed by atoms with E-state index in [4.69, 9.17) is 18.9 Å². The third-order valence-electron chi connectivity index (χ3n) is 7.15. The molecule has 252 valence electrons. The lowest BCUT2D eigenvalue weighted by Crippen LogP contribution is -1.97. The van der Waals surface area contributed by atoms with Gasteiger partial charge in [0.15, 0.2) is 0 Å². The van der Waals surface area contributed by atoms with Crippen molar-refractivity contribution in [2.45, 2.75) is 0 Å². The molecule has 0 aliphatic heterocycles. The number of hydrogen-bond donors (Lipinski definition) is 2. The highest BCUT2D eigenvalue weighted by molar-refractivity contribution is 7.14. The summed E-state index contributed by atoms with van der Waals surface area (Å²) in [6, 6.07) is 31.0. The first kappa shape index (κ1) is 33.9. The molecule has 12 heteroatoms. The van der Waals surface area contributed by atoms with Crippen molar-refractivity contribution in [2.24, 2.45) is 10.2 Å². The Bertz CT molecular complexity index is 1870. The van der Waals surface area contributed by atoms with Gasteiger partial charge in [0.2, 0.25) is 10.3 Å². The number of aromatic nitrogens is 2. The van der Waals surface area contributed by atoms with E-state index < -0.39 is 0 Å². The van der Waals surface area contributed by atoms with Gasteiger partial charge in [0.1, 0.15) is 36.2 Å². The summed E-state index contributed by atoms with van der Waals surface area (Å²) in [6.07, 6.45) is 7.35. The molecule has 0 unspecified atom stereocenters. The molecule has 6 rings (SSSR count). The van der Waals surface area contributed by atoms with Crippen molar-refractivity contribution in [2.75, 3.05) is 38.3 Å². The molecule has 0 fully saturated rings. The van der Waals surface area contributed by atoms with Crippen LogP contribution in [0.3, 0.4) is 0 Å². The van der Waals surface area contributed by atoms with Crippen molar-refractivity contribution >= 4 is 45.4 Å². The number of nitrogens with zero attached hydrogens (tertiary/aromatic N) is 4. The fourth-order valence-electron chi connectivity index (χ4n) is 4.49. The largest absolute Gasteiger partial charge is 0.497 e. The molecular weight excluding hydrogens is 669 g/mol. The molecule has 6 aromatic rings. The van der Waals surface area contributed by atoms with Crippen molar-refractivity contribution in [1.82, 2.24) is 9.97 Å². The Labute approximate surface area is 298 Å². The zero-order valence-corrected chi connectivity index (χ0v) is 29.0. The number of rotatable bonds is 16. The summed E-state index contributed by atoms with van der Waals surface area (Å²) in [4.78, 5) is 9.19. The fraction of sp³-hybridized carbons (Fsp3) is 0.105. The maximum absolute atomic E-state index is 5.82. The van der Waals surface area contributed by atoms with E-state index in [9.17, 15) is 0 Å². The lowest BCUT2D eigenvalue weighted by molar-refractivity contribution is 0.350. The second-order valence-corrected chi connectivity index (χ2v) is 12.2. The first-order valence-corrected chi connectivity index (χ1v) is 17.3. The van der Waals surface area contributed by atoms with Crippen LogP contribution in [0.15, 0.2) is 130 Å². The Morgan fingerprint density at radius 1 is 0.540 bits per heavy atom. The SMILES string of the molecule is COc1ccc(-c2csc(N/N=C/c3ccc(OC/C=C/COc4ccc(/C=N/Nc5nc(-c6ccc(OC)cc6)cs5)cc4)cc3)n2)cc1. The number of hydrogen-bond acceptors (Lipinski definition) is 12. The van der Waals surface area contributed by atoms with Gasteiger partial charge in [-0.2, -0.15) is 10.2 Å². The summed E-state index contributed by atoms with van der Waals surface area (Å²) in [5.41, 5.74) is 11.7. The minimum absolute atomic E-state index is 0.433. The molecule has 2 aromatic heterocycles. The highest BCUT2D eigenvalue weighted by atomic mass is 32.1. The number of hydrazone groups is 2. The minimum Gasteiger partial charge on any atom is -0.497 e. The quantitative estimate of drug-likeness (QED) is 0.0585. The number of methoxy groups -OCH3 is 2. The summed E-state index contributed by atoms with van der Waals surface area (Å²) in [7, 11) is 3.30. The smallest absolute Gasteiger partial charge is 0.203 e. The Kier molecular flexibility index (Phi) is 11.8. The molecule has 2 N–H and O–H groups in total. The number of anilines is 2. The molecule has 4 aromatic carbocycles. The standard InChI is InChI=1S/C38H34N6O4S2/c1-45-31-17-9-29(10-18-31)35-25-49-37(41-35)43-39-23-27-5-13-33(14-6-27)47-21-3-4-22-48-34-15-7-28(8-16-34)24-40-44-38-42-36(26-50-38)30-11-19-32(46-2)20-12-30/h3-20,23-26H,21-22H2,1-2H3,(H,41,43)(H,42,44)/b4-3+,39-23+,40-24+. The fourth-order valence-corrected chi connectivity index (χ4v) is 5.82. The molecular formula is C38H34N6O4S2. The number of ether oxygens (including phenoxy) is 4. The van der Waals surface area contributed by atoms with E-state index in [2.05, 4.69) is 31.0 Å². The Hall–Kier alpha value is -5.98. The molecule has 0 saturated carbocycles. The molecule has 10 nitrogen and oxygen atoms in total. The van der Waals surface area contributed by atoms with Gasteiger partial charge in [0.05, 0.1) is 38.0 Å². The van der Waals surface area contributed by atoms with E-state index in [1.54, 1.807) is 26.6 Å². The van der Waals surface area contributed by atoms with Crippen LogP contribution in [-0.4, -0.2) is 49.8 Å². The average molecular weight is 703 g/mol.